The Morgan fingerprint density at radius 2 is 1.78 bits per heavy atom. The fourth-order valence-corrected chi connectivity index (χ4v) is 4.48. The number of pyridine rings is 2. The second-order valence-electron chi connectivity index (χ2n) is 8.32. The number of hydrogen-bond acceptors (Lipinski definition) is 5. The number of carbonyl (C=O) groups excluding carboxylic acids is 1. The maximum absolute atomic E-state index is 12.9. The molecule has 4 heterocycles. The van der Waals surface area contributed by atoms with E-state index in [0.717, 1.165) is 48.2 Å². The molecule has 2 aliphatic rings. The van der Waals surface area contributed by atoms with E-state index in [2.05, 4.69) is 16.9 Å². The summed E-state index contributed by atoms with van der Waals surface area (Å²) in [6.45, 7) is 4.80. The van der Waals surface area contributed by atoms with E-state index < -0.39 is 0 Å². The number of nitrogens with zero attached hydrogens (tertiary/aromatic N) is 3. The van der Waals surface area contributed by atoms with E-state index in [1.165, 1.54) is 0 Å². The highest BCUT2D eigenvalue weighted by molar-refractivity contribution is 6.33. The molecule has 1 aromatic carbocycles. The van der Waals surface area contributed by atoms with Gasteiger partial charge in [-0.05, 0) is 43.0 Å². The van der Waals surface area contributed by atoms with Gasteiger partial charge < -0.3 is 14.4 Å². The number of benzene rings is 1. The SMILES string of the molecule is CC1CCN(C(=O)c2ccc(-c3cncc(-c4ccnc5c4OCCO5)c3)c(Cl)c2)CC1. The summed E-state index contributed by atoms with van der Waals surface area (Å²) in [6, 6.07) is 9.39. The maximum atomic E-state index is 12.9. The molecular formula is C25H24ClN3O3. The molecule has 7 heteroatoms. The molecule has 2 aromatic heterocycles. The van der Waals surface area contributed by atoms with Crippen molar-refractivity contribution >= 4 is 17.5 Å². The lowest BCUT2D eigenvalue weighted by Gasteiger charge is -2.30. The molecular weight excluding hydrogens is 426 g/mol. The smallest absolute Gasteiger partial charge is 0.257 e. The molecule has 6 nitrogen and oxygen atoms in total. The molecule has 1 fully saturated rings. The van der Waals surface area contributed by atoms with Crippen LogP contribution in [-0.2, 0) is 0 Å². The molecule has 0 spiro atoms. The summed E-state index contributed by atoms with van der Waals surface area (Å²) >= 11 is 6.63. The van der Waals surface area contributed by atoms with Crippen LogP contribution in [0.25, 0.3) is 22.3 Å². The topological polar surface area (TPSA) is 64.6 Å². The summed E-state index contributed by atoms with van der Waals surface area (Å²) in [7, 11) is 0. The Bertz CT molecular complexity index is 1160. The quantitative estimate of drug-likeness (QED) is 0.556. The van der Waals surface area contributed by atoms with E-state index in [9.17, 15) is 4.79 Å². The Labute approximate surface area is 192 Å². The number of likely N-dealkylation sites (tertiary alicyclic amines) is 1. The molecule has 164 valence electrons. The largest absolute Gasteiger partial charge is 0.484 e. The van der Waals surface area contributed by atoms with Crippen LogP contribution >= 0.6 is 11.6 Å². The number of piperidine rings is 1. The summed E-state index contributed by atoms with van der Waals surface area (Å²) in [5.74, 6) is 1.83. The number of carbonyl (C=O) groups is 1. The lowest BCUT2D eigenvalue weighted by atomic mass is 9.98. The van der Waals surface area contributed by atoms with Crippen molar-refractivity contribution in [1.29, 1.82) is 0 Å². The molecule has 0 saturated carbocycles. The average Bonchev–Trinajstić information content (AvgIpc) is 2.84. The van der Waals surface area contributed by atoms with E-state index >= 15 is 0 Å². The van der Waals surface area contributed by atoms with Gasteiger partial charge in [0.05, 0.1) is 0 Å². The Balaban J connectivity index is 1.43. The number of amides is 1. The van der Waals surface area contributed by atoms with Gasteiger partial charge in [-0.3, -0.25) is 9.78 Å². The van der Waals surface area contributed by atoms with Crippen molar-refractivity contribution < 1.29 is 14.3 Å². The Kier molecular flexibility index (Phi) is 5.70. The zero-order chi connectivity index (χ0) is 22.1. The first-order chi connectivity index (χ1) is 15.6. The monoisotopic (exact) mass is 449 g/mol. The molecule has 0 bridgehead atoms. The molecule has 1 amide bonds. The van der Waals surface area contributed by atoms with Crippen LogP contribution in [0, 0.1) is 5.92 Å². The highest BCUT2D eigenvalue weighted by atomic mass is 35.5. The van der Waals surface area contributed by atoms with Crippen molar-refractivity contribution in [1.82, 2.24) is 14.9 Å². The van der Waals surface area contributed by atoms with Crippen molar-refractivity contribution in [3.63, 3.8) is 0 Å². The molecule has 0 radical (unpaired) electrons. The van der Waals surface area contributed by atoms with Crippen LogP contribution in [0.3, 0.4) is 0 Å². The lowest BCUT2D eigenvalue weighted by molar-refractivity contribution is 0.0697. The number of ether oxygens (including phenoxy) is 2. The van der Waals surface area contributed by atoms with Crippen LogP contribution in [0.5, 0.6) is 11.6 Å². The number of aromatic nitrogens is 2. The minimum absolute atomic E-state index is 0.0396. The van der Waals surface area contributed by atoms with Gasteiger partial charge in [-0.1, -0.05) is 24.6 Å². The molecule has 1 saturated heterocycles. The minimum atomic E-state index is 0.0396. The first-order valence-corrected chi connectivity index (χ1v) is 11.3. The molecule has 0 unspecified atom stereocenters. The third-order valence-electron chi connectivity index (χ3n) is 6.09. The number of halogens is 1. The van der Waals surface area contributed by atoms with Crippen molar-refractivity contribution in [2.24, 2.45) is 5.92 Å². The molecule has 2 aliphatic heterocycles. The Morgan fingerprint density at radius 3 is 2.56 bits per heavy atom. The highest BCUT2D eigenvalue weighted by Crippen LogP contribution is 2.39. The fraction of sp³-hybridized carbons (Fsp3) is 0.320. The van der Waals surface area contributed by atoms with Gasteiger partial charge in [0.2, 0.25) is 0 Å². The average molecular weight is 450 g/mol. The highest BCUT2D eigenvalue weighted by Gasteiger charge is 2.23. The van der Waals surface area contributed by atoms with Gasteiger partial charge >= 0.3 is 0 Å². The summed E-state index contributed by atoms with van der Waals surface area (Å²) in [4.78, 5) is 23.5. The predicted molar refractivity (Wildman–Crippen MR) is 123 cm³/mol. The van der Waals surface area contributed by atoms with Crippen molar-refractivity contribution in [2.45, 2.75) is 19.8 Å². The van der Waals surface area contributed by atoms with Gasteiger partial charge in [-0.2, -0.15) is 0 Å². The summed E-state index contributed by atoms with van der Waals surface area (Å²) < 4.78 is 11.4. The van der Waals surface area contributed by atoms with Crippen molar-refractivity contribution in [2.75, 3.05) is 26.3 Å². The summed E-state index contributed by atoms with van der Waals surface area (Å²) in [5.41, 5.74) is 4.05. The lowest BCUT2D eigenvalue weighted by Crippen LogP contribution is -2.37. The van der Waals surface area contributed by atoms with E-state index in [-0.39, 0.29) is 5.91 Å². The first-order valence-electron chi connectivity index (χ1n) is 10.9. The van der Waals surface area contributed by atoms with Crippen LogP contribution in [0.2, 0.25) is 5.02 Å². The minimum Gasteiger partial charge on any atom is -0.484 e. The van der Waals surface area contributed by atoms with Crippen LogP contribution in [0.4, 0.5) is 0 Å². The molecule has 0 aliphatic carbocycles. The fourth-order valence-electron chi connectivity index (χ4n) is 4.19. The first kappa shape index (κ1) is 20.8. The van der Waals surface area contributed by atoms with Crippen LogP contribution in [0.1, 0.15) is 30.1 Å². The molecule has 32 heavy (non-hydrogen) atoms. The molecule has 3 aromatic rings. The maximum Gasteiger partial charge on any atom is 0.257 e. The van der Waals surface area contributed by atoms with Gasteiger partial charge in [0.1, 0.15) is 13.2 Å². The van der Waals surface area contributed by atoms with Crippen LogP contribution < -0.4 is 9.47 Å². The van der Waals surface area contributed by atoms with Crippen molar-refractivity contribution in [3.05, 3.63) is 59.5 Å². The van der Waals surface area contributed by atoms with Gasteiger partial charge in [0.25, 0.3) is 11.8 Å². The standard InChI is InChI=1S/C25H24ClN3O3/c1-16-5-8-29(9-6-16)25(30)17-2-3-20(22(26)13-17)18-12-19(15-27-14-18)21-4-7-28-24-23(21)31-10-11-32-24/h2-4,7,12-16H,5-6,8-11H2,1H3. The zero-order valence-corrected chi connectivity index (χ0v) is 18.6. The predicted octanol–water partition coefficient (Wildman–Crippen LogP) is 5.11. The molecule has 5 rings (SSSR count). The third kappa shape index (κ3) is 4.02. The van der Waals surface area contributed by atoms with Crippen LogP contribution in [-0.4, -0.2) is 47.1 Å². The van der Waals surface area contributed by atoms with Crippen LogP contribution in [0.15, 0.2) is 48.9 Å². The van der Waals surface area contributed by atoms with E-state index in [1.54, 1.807) is 24.7 Å². The second kappa shape index (κ2) is 8.79. The third-order valence-corrected chi connectivity index (χ3v) is 6.40. The second-order valence-corrected chi connectivity index (χ2v) is 8.73. The van der Waals surface area contributed by atoms with E-state index in [0.29, 0.717) is 41.3 Å². The molecule has 0 N–H and O–H groups in total. The normalized spacial score (nSPS) is 16.1. The Hall–Kier alpha value is -3.12. The van der Waals surface area contributed by atoms with Gasteiger partial charge in [-0.15, -0.1) is 0 Å². The number of rotatable bonds is 3. The zero-order valence-electron chi connectivity index (χ0n) is 17.9. The van der Waals surface area contributed by atoms with E-state index in [4.69, 9.17) is 21.1 Å². The number of fused-ring (bicyclic) bond motifs is 1. The van der Waals surface area contributed by atoms with Crippen molar-refractivity contribution in [3.8, 4) is 33.9 Å². The van der Waals surface area contributed by atoms with Gasteiger partial charge in [0, 0.05) is 64.5 Å². The number of hydrogen-bond donors (Lipinski definition) is 0. The summed E-state index contributed by atoms with van der Waals surface area (Å²) in [6.07, 6.45) is 7.33. The van der Waals surface area contributed by atoms with E-state index in [1.807, 2.05) is 29.2 Å². The summed E-state index contributed by atoms with van der Waals surface area (Å²) in [5, 5.41) is 0.525. The van der Waals surface area contributed by atoms with Gasteiger partial charge in [-0.25, -0.2) is 4.98 Å². The molecule has 0 atom stereocenters. The Morgan fingerprint density at radius 1 is 1.03 bits per heavy atom. The van der Waals surface area contributed by atoms with Gasteiger partial charge in [0.15, 0.2) is 5.75 Å².